The lowest BCUT2D eigenvalue weighted by molar-refractivity contribution is 0.0632. The van der Waals surface area contributed by atoms with Gasteiger partial charge in [-0.05, 0) is 18.1 Å². The number of amides is 1. The second-order valence-corrected chi connectivity index (χ2v) is 8.37. The van der Waals surface area contributed by atoms with Gasteiger partial charge in [0.05, 0.1) is 17.4 Å². The molecule has 0 saturated carbocycles. The molecule has 0 atom stereocenters. The van der Waals surface area contributed by atoms with Crippen LogP contribution in [0.5, 0.6) is 5.88 Å². The maximum absolute atomic E-state index is 13.3. The highest BCUT2D eigenvalue weighted by Gasteiger charge is 2.27. The Morgan fingerprint density at radius 1 is 1.10 bits per heavy atom. The molecule has 1 aliphatic rings. The van der Waals surface area contributed by atoms with E-state index in [4.69, 9.17) is 9.47 Å². The number of piperazine rings is 1. The molecule has 0 N–H and O–H groups in total. The van der Waals surface area contributed by atoms with Crippen molar-refractivity contribution in [3.8, 4) is 5.88 Å². The molecular formula is C22H26N4O3S. The van der Waals surface area contributed by atoms with Crippen molar-refractivity contribution < 1.29 is 14.3 Å². The van der Waals surface area contributed by atoms with E-state index in [1.807, 2.05) is 17.9 Å². The van der Waals surface area contributed by atoms with E-state index < -0.39 is 0 Å². The van der Waals surface area contributed by atoms with Crippen LogP contribution >= 0.6 is 11.3 Å². The number of ether oxygens (including phenoxy) is 2. The molecule has 4 rings (SSSR count). The maximum atomic E-state index is 13.3. The van der Waals surface area contributed by atoms with Gasteiger partial charge in [0.15, 0.2) is 5.82 Å². The van der Waals surface area contributed by atoms with Crippen LogP contribution in [-0.4, -0.2) is 66.1 Å². The Labute approximate surface area is 180 Å². The van der Waals surface area contributed by atoms with Crippen molar-refractivity contribution >= 4 is 27.5 Å². The minimum Gasteiger partial charge on any atom is -0.480 e. The number of thiophene rings is 1. The molecule has 0 aliphatic carbocycles. The summed E-state index contributed by atoms with van der Waals surface area (Å²) in [6.45, 7) is 6.33. The number of nitrogens with zero attached hydrogens (tertiary/aromatic N) is 4. The van der Waals surface area contributed by atoms with Crippen LogP contribution in [0, 0.1) is 6.92 Å². The first-order valence-electron chi connectivity index (χ1n) is 9.99. The molecule has 8 heteroatoms. The minimum absolute atomic E-state index is 0.0604. The van der Waals surface area contributed by atoms with Crippen LogP contribution in [0.25, 0.3) is 10.2 Å². The fraction of sp³-hybridized carbons (Fsp3) is 0.409. The highest BCUT2D eigenvalue weighted by Crippen LogP contribution is 2.35. The zero-order valence-corrected chi connectivity index (χ0v) is 18.4. The summed E-state index contributed by atoms with van der Waals surface area (Å²) in [5.41, 5.74) is 2.18. The van der Waals surface area contributed by atoms with E-state index >= 15 is 0 Å². The molecular weight excluding hydrogens is 400 g/mol. The maximum Gasteiger partial charge on any atom is 0.264 e. The number of carbonyl (C=O) groups excluding carboxylic acids is 1. The van der Waals surface area contributed by atoms with Gasteiger partial charge in [-0.25, -0.2) is 4.98 Å². The lowest BCUT2D eigenvalue weighted by Gasteiger charge is -2.34. The fourth-order valence-corrected chi connectivity index (χ4v) is 4.94. The molecule has 158 valence electrons. The van der Waals surface area contributed by atoms with Crippen LogP contribution in [0.2, 0.25) is 0 Å². The third-order valence-corrected chi connectivity index (χ3v) is 6.55. The quantitative estimate of drug-likeness (QED) is 0.603. The van der Waals surface area contributed by atoms with Crippen molar-refractivity contribution in [1.29, 1.82) is 0 Å². The molecule has 7 nitrogen and oxygen atoms in total. The average Bonchev–Trinajstić information content (AvgIpc) is 3.10. The van der Waals surface area contributed by atoms with Gasteiger partial charge < -0.3 is 14.4 Å². The van der Waals surface area contributed by atoms with Gasteiger partial charge in [-0.1, -0.05) is 30.3 Å². The molecule has 30 heavy (non-hydrogen) atoms. The SMILES string of the molecule is COCc1nc(OC)c2c(C)c(C(=O)N3CCN(Cc4ccccc4)CC3)sc2n1. The number of benzene rings is 1. The third-order valence-electron chi connectivity index (χ3n) is 5.37. The molecule has 2 aromatic heterocycles. The molecule has 0 radical (unpaired) electrons. The Morgan fingerprint density at radius 3 is 2.50 bits per heavy atom. The van der Waals surface area contributed by atoms with Crippen LogP contribution < -0.4 is 4.74 Å². The molecule has 3 aromatic rings. The minimum atomic E-state index is 0.0604. The topological polar surface area (TPSA) is 67.8 Å². The fourth-order valence-electron chi connectivity index (χ4n) is 3.78. The van der Waals surface area contributed by atoms with Crippen molar-refractivity contribution in [3.63, 3.8) is 0 Å². The Hall–Kier alpha value is -2.55. The second-order valence-electron chi connectivity index (χ2n) is 7.37. The Kier molecular flexibility index (Phi) is 6.26. The Bertz CT molecular complexity index is 1030. The summed E-state index contributed by atoms with van der Waals surface area (Å²) in [4.78, 5) is 28.1. The van der Waals surface area contributed by atoms with Gasteiger partial charge >= 0.3 is 0 Å². The van der Waals surface area contributed by atoms with Crippen LogP contribution in [0.4, 0.5) is 0 Å². The van der Waals surface area contributed by atoms with Gasteiger partial charge in [0.2, 0.25) is 5.88 Å². The summed E-state index contributed by atoms with van der Waals surface area (Å²) in [7, 11) is 3.19. The molecule has 0 spiro atoms. The predicted molar refractivity (Wildman–Crippen MR) is 117 cm³/mol. The number of aromatic nitrogens is 2. The zero-order chi connectivity index (χ0) is 21.1. The number of rotatable bonds is 6. The zero-order valence-electron chi connectivity index (χ0n) is 17.6. The highest BCUT2D eigenvalue weighted by molar-refractivity contribution is 7.20. The van der Waals surface area contributed by atoms with Gasteiger partial charge in [0.25, 0.3) is 5.91 Å². The number of carbonyl (C=O) groups is 1. The Balaban J connectivity index is 1.50. The van der Waals surface area contributed by atoms with E-state index in [0.29, 0.717) is 23.2 Å². The first-order valence-corrected chi connectivity index (χ1v) is 10.8. The van der Waals surface area contributed by atoms with E-state index in [-0.39, 0.29) is 5.91 Å². The Morgan fingerprint density at radius 2 is 1.83 bits per heavy atom. The summed E-state index contributed by atoms with van der Waals surface area (Å²) in [5, 5.41) is 0.813. The van der Waals surface area contributed by atoms with E-state index in [9.17, 15) is 4.79 Å². The van der Waals surface area contributed by atoms with Crippen molar-refractivity contribution in [1.82, 2.24) is 19.8 Å². The molecule has 1 fully saturated rings. The lowest BCUT2D eigenvalue weighted by atomic mass is 10.1. The first-order chi connectivity index (χ1) is 14.6. The molecule has 1 amide bonds. The number of hydrogen-bond acceptors (Lipinski definition) is 7. The third kappa shape index (κ3) is 4.16. The van der Waals surface area contributed by atoms with Gasteiger partial charge in [-0.3, -0.25) is 9.69 Å². The van der Waals surface area contributed by atoms with Crippen molar-refractivity contribution in [2.75, 3.05) is 40.4 Å². The molecule has 0 bridgehead atoms. The normalized spacial score (nSPS) is 15.0. The molecule has 0 unspecified atom stereocenters. The number of fused-ring (bicyclic) bond motifs is 1. The molecule has 1 saturated heterocycles. The summed E-state index contributed by atoms with van der Waals surface area (Å²) in [6.07, 6.45) is 0. The van der Waals surface area contributed by atoms with Crippen molar-refractivity contribution in [2.24, 2.45) is 0 Å². The number of methoxy groups -OCH3 is 2. The van der Waals surface area contributed by atoms with E-state index in [1.165, 1.54) is 16.9 Å². The van der Waals surface area contributed by atoms with Crippen LogP contribution in [-0.2, 0) is 17.9 Å². The largest absolute Gasteiger partial charge is 0.480 e. The summed E-state index contributed by atoms with van der Waals surface area (Å²) in [6, 6.07) is 10.4. The molecule has 1 aromatic carbocycles. The van der Waals surface area contributed by atoms with Crippen LogP contribution in [0.1, 0.15) is 26.6 Å². The van der Waals surface area contributed by atoms with Crippen LogP contribution in [0.3, 0.4) is 0 Å². The van der Waals surface area contributed by atoms with Crippen molar-refractivity contribution in [2.45, 2.75) is 20.1 Å². The first kappa shape index (κ1) is 20.7. The standard InChI is InChI=1S/C22H26N4O3S/c1-15-18-20(29-3)23-17(14-28-2)24-21(18)30-19(15)22(27)26-11-9-25(10-12-26)13-16-7-5-4-6-8-16/h4-8H,9-14H2,1-3H3. The summed E-state index contributed by atoms with van der Waals surface area (Å²) in [5.74, 6) is 1.11. The van der Waals surface area contributed by atoms with E-state index in [2.05, 4.69) is 39.1 Å². The van der Waals surface area contributed by atoms with Gasteiger partial charge in [-0.2, -0.15) is 4.98 Å². The molecule has 1 aliphatic heterocycles. The smallest absolute Gasteiger partial charge is 0.264 e. The lowest BCUT2D eigenvalue weighted by Crippen LogP contribution is -2.48. The van der Waals surface area contributed by atoms with Gasteiger partial charge in [0.1, 0.15) is 11.4 Å². The van der Waals surface area contributed by atoms with Gasteiger partial charge in [0, 0.05) is 39.8 Å². The van der Waals surface area contributed by atoms with E-state index in [0.717, 1.165) is 48.5 Å². The predicted octanol–water partition coefficient (Wildman–Crippen LogP) is 3.11. The summed E-state index contributed by atoms with van der Waals surface area (Å²) < 4.78 is 10.6. The van der Waals surface area contributed by atoms with Gasteiger partial charge in [-0.15, -0.1) is 11.3 Å². The average molecular weight is 427 g/mol. The number of hydrogen-bond donors (Lipinski definition) is 0. The number of aryl methyl sites for hydroxylation is 1. The van der Waals surface area contributed by atoms with Crippen molar-refractivity contribution in [3.05, 3.63) is 52.2 Å². The van der Waals surface area contributed by atoms with Crippen LogP contribution in [0.15, 0.2) is 30.3 Å². The van der Waals surface area contributed by atoms with E-state index in [1.54, 1.807) is 14.2 Å². The summed E-state index contributed by atoms with van der Waals surface area (Å²) >= 11 is 1.41. The monoisotopic (exact) mass is 426 g/mol. The molecule has 3 heterocycles. The highest BCUT2D eigenvalue weighted by atomic mass is 32.1. The second kappa shape index (κ2) is 9.07.